The summed E-state index contributed by atoms with van der Waals surface area (Å²) in [5, 5.41) is 11.3. The van der Waals surface area contributed by atoms with Gasteiger partial charge < -0.3 is 0 Å². The molecule has 0 aromatic heterocycles. The van der Waals surface area contributed by atoms with Crippen LogP contribution in [0.1, 0.15) is 20.8 Å². The fraction of sp³-hybridized carbons (Fsp3) is 1.00. The lowest BCUT2D eigenvalue weighted by Gasteiger charge is -2.26. The van der Waals surface area contributed by atoms with Crippen LogP contribution in [0.3, 0.4) is 0 Å². The van der Waals surface area contributed by atoms with Crippen LogP contribution in [0.2, 0.25) is 0 Å². The SMILES string of the molecule is CC(C)C([O])C(C)(Cl)CCl. The molecule has 0 aliphatic carbocycles. The molecule has 0 rings (SSSR count). The van der Waals surface area contributed by atoms with Crippen LogP contribution in [0.25, 0.3) is 0 Å². The summed E-state index contributed by atoms with van der Waals surface area (Å²) < 4.78 is 0. The zero-order valence-corrected chi connectivity index (χ0v) is 8.04. The topological polar surface area (TPSA) is 19.9 Å². The Balaban J connectivity index is 4.03. The fourth-order valence-electron chi connectivity index (χ4n) is 0.771. The van der Waals surface area contributed by atoms with Crippen LogP contribution < -0.4 is 0 Å². The van der Waals surface area contributed by atoms with Crippen molar-refractivity contribution in [2.75, 3.05) is 5.88 Å². The highest BCUT2D eigenvalue weighted by Crippen LogP contribution is 2.26. The van der Waals surface area contributed by atoms with Crippen molar-refractivity contribution in [2.45, 2.75) is 31.7 Å². The van der Waals surface area contributed by atoms with Gasteiger partial charge in [0, 0.05) is 5.88 Å². The first-order chi connectivity index (χ1) is 4.41. The van der Waals surface area contributed by atoms with Crippen molar-refractivity contribution < 1.29 is 5.11 Å². The lowest BCUT2D eigenvalue weighted by atomic mass is 9.96. The molecule has 2 atom stereocenters. The maximum atomic E-state index is 11.3. The van der Waals surface area contributed by atoms with Gasteiger partial charge in [0.1, 0.15) is 6.10 Å². The third kappa shape index (κ3) is 2.65. The molecule has 0 aromatic carbocycles. The van der Waals surface area contributed by atoms with E-state index in [0.29, 0.717) is 0 Å². The second-order valence-electron chi connectivity index (χ2n) is 3.08. The molecule has 0 amide bonds. The average molecular weight is 184 g/mol. The van der Waals surface area contributed by atoms with Crippen molar-refractivity contribution in [3.8, 4) is 0 Å². The second-order valence-corrected chi connectivity index (χ2v) is 4.21. The quantitative estimate of drug-likeness (QED) is 0.601. The predicted molar refractivity (Wildman–Crippen MR) is 44.3 cm³/mol. The molecule has 3 heteroatoms. The Morgan fingerprint density at radius 2 is 1.90 bits per heavy atom. The summed E-state index contributed by atoms with van der Waals surface area (Å²) in [6, 6.07) is 0. The van der Waals surface area contributed by atoms with Crippen LogP contribution in [0, 0.1) is 5.92 Å². The Morgan fingerprint density at radius 3 is 2.00 bits per heavy atom. The monoisotopic (exact) mass is 183 g/mol. The Bertz CT molecular complexity index is 102. The summed E-state index contributed by atoms with van der Waals surface area (Å²) in [6.45, 7) is 5.38. The highest BCUT2D eigenvalue weighted by molar-refractivity contribution is 6.30. The molecule has 0 saturated heterocycles. The zero-order chi connectivity index (χ0) is 8.36. The van der Waals surface area contributed by atoms with Gasteiger partial charge in [0.25, 0.3) is 0 Å². The van der Waals surface area contributed by atoms with Crippen LogP contribution in [0.4, 0.5) is 0 Å². The smallest absolute Gasteiger partial charge is 0.115 e. The first-order valence-electron chi connectivity index (χ1n) is 3.32. The lowest BCUT2D eigenvalue weighted by Crippen LogP contribution is -2.38. The Kier molecular flexibility index (Phi) is 4.00. The lowest BCUT2D eigenvalue weighted by molar-refractivity contribution is 0.0245. The maximum absolute atomic E-state index is 11.3. The molecular formula is C7H13Cl2O. The van der Waals surface area contributed by atoms with E-state index < -0.39 is 11.0 Å². The number of hydrogen-bond donors (Lipinski definition) is 0. The van der Waals surface area contributed by atoms with E-state index in [9.17, 15) is 5.11 Å². The summed E-state index contributed by atoms with van der Waals surface area (Å²) in [4.78, 5) is -0.796. The van der Waals surface area contributed by atoms with E-state index >= 15 is 0 Å². The van der Waals surface area contributed by atoms with Crippen LogP contribution >= 0.6 is 23.2 Å². The molecule has 0 bridgehead atoms. The van der Waals surface area contributed by atoms with Gasteiger partial charge >= 0.3 is 0 Å². The molecule has 0 heterocycles. The molecule has 61 valence electrons. The first kappa shape index (κ1) is 10.5. The third-order valence-electron chi connectivity index (χ3n) is 1.46. The van der Waals surface area contributed by atoms with Gasteiger partial charge in [0.15, 0.2) is 0 Å². The Morgan fingerprint density at radius 1 is 1.50 bits per heavy atom. The van der Waals surface area contributed by atoms with Crippen LogP contribution in [0.15, 0.2) is 0 Å². The van der Waals surface area contributed by atoms with Crippen molar-refractivity contribution in [2.24, 2.45) is 5.92 Å². The Hall–Kier alpha value is 0.540. The molecule has 0 N–H and O–H groups in total. The fourth-order valence-corrected chi connectivity index (χ4v) is 1.18. The van der Waals surface area contributed by atoms with E-state index in [1.54, 1.807) is 6.92 Å². The second kappa shape index (κ2) is 3.80. The van der Waals surface area contributed by atoms with E-state index in [1.165, 1.54) is 0 Å². The summed E-state index contributed by atoms with van der Waals surface area (Å²) in [5.74, 6) is 0.252. The van der Waals surface area contributed by atoms with Gasteiger partial charge in [-0.2, -0.15) is 0 Å². The standard InChI is InChI=1S/C7H13Cl2O/c1-5(2)6(10)7(3,9)4-8/h5-6H,4H2,1-3H3. The van der Waals surface area contributed by atoms with Crippen molar-refractivity contribution in [1.29, 1.82) is 0 Å². The summed E-state index contributed by atoms with van der Waals surface area (Å²) >= 11 is 11.3. The van der Waals surface area contributed by atoms with Gasteiger partial charge in [-0.15, -0.1) is 23.2 Å². The van der Waals surface area contributed by atoms with Gasteiger partial charge in [0.2, 0.25) is 0 Å². The molecule has 2 unspecified atom stereocenters. The number of halogens is 2. The van der Waals surface area contributed by atoms with Gasteiger partial charge in [-0.1, -0.05) is 13.8 Å². The van der Waals surface area contributed by atoms with E-state index in [1.807, 2.05) is 13.8 Å². The highest BCUT2D eigenvalue weighted by atomic mass is 35.5. The van der Waals surface area contributed by atoms with Gasteiger partial charge in [-0.3, -0.25) is 0 Å². The minimum atomic E-state index is -0.796. The number of alkyl halides is 2. The van der Waals surface area contributed by atoms with Crippen molar-refractivity contribution in [3.63, 3.8) is 0 Å². The predicted octanol–water partition coefficient (Wildman–Crippen LogP) is 2.68. The normalized spacial score (nSPS) is 20.7. The van der Waals surface area contributed by atoms with Gasteiger partial charge in [-0.25, -0.2) is 5.11 Å². The van der Waals surface area contributed by atoms with Crippen molar-refractivity contribution in [1.82, 2.24) is 0 Å². The largest absolute Gasteiger partial charge is 0.231 e. The van der Waals surface area contributed by atoms with Crippen LogP contribution in [0.5, 0.6) is 0 Å². The highest BCUT2D eigenvalue weighted by Gasteiger charge is 2.33. The molecule has 0 aliphatic rings. The average Bonchev–Trinajstić information content (AvgIpc) is 1.86. The molecule has 0 aliphatic heterocycles. The summed E-state index contributed by atoms with van der Waals surface area (Å²) in [5.41, 5.74) is 0. The maximum Gasteiger partial charge on any atom is 0.115 e. The minimum Gasteiger partial charge on any atom is -0.231 e. The van der Waals surface area contributed by atoms with E-state index in [0.717, 1.165) is 0 Å². The molecule has 1 radical (unpaired) electrons. The van der Waals surface area contributed by atoms with Crippen molar-refractivity contribution >= 4 is 23.2 Å². The zero-order valence-electron chi connectivity index (χ0n) is 6.53. The minimum absolute atomic E-state index is 0.0428. The van der Waals surface area contributed by atoms with Crippen LogP contribution in [-0.4, -0.2) is 16.9 Å². The number of hydrogen-bond acceptors (Lipinski definition) is 0. The van der Waals surface area contributed by atoms with E-state index in [-0.39, 0.29) is 11.8 Å². The molecule has 0 fully saturated rings. The van der Waals surface area contributed by atoms with E-state index in [2.05, 4.69) is 0 Å². The van der Waals surface area contributed by atoms with Crippen molar-refractivity contribution in [3.05, 3.63) is 0 Å². The third-order valence-corrected chi connectivity index (χ3v) is 2.50. The summed E-state index contributed by atoms with van der Waals surface area (Å²) in [7, 11) is 0. The molecular weight excluding hydrogens is 171 g/mol. The molecule has 0 spiro atoms. The van der Waals surface area contributed by atoms with Crippen LogP contribution in [-0.2, 0) is 5.11 Å². The number of rotatable bonds is 3. The molecule has 0 aromatic rings. The van der Waals surface area contributed by atoms with Gasteiger partial charge in [0.05, 0.1) is 4.87 Å². The Labute approximate surface area is 72.3 Å². The summed E-state index contributed by atoms with van der Waals surface area (Å²) in [6.07, 6.45) is -0.785. The first-order valence-corrected chi connectivity index (χ1v) is 4.23. The molecule has 1 nitrogen and oxygen atoms in total. The van der Waals surface area contributed by atoms with Gasteiger partial charge in [-0.05, 0) is 12.8 Å². The van der Waals surface area contributed by atoms with E-state index in [4.69, 9.17) is 23.2 Å². The molecule has 10 heavy (non-hydrogen) atoms. The molecule has 0 saturated carbocycles.